The second kappa shape index (κ2) is 6.28. The number of hydrogen-bond acceptors (Lipinski definition) is 2. The topological polar surface area (TPSA) is 22.1 Å². The van der Waals surface area contributed by atoms with Crippen LogP contribution in [0.1, 0.15) is 11.1 Å². The third-order valence-corrected chi connectivity index (χ3v) is 3.35. The number of rotatable bonds is 4. The first-order valence-electron chi connectivity index (χ1n) is 5.27. The number of aromatic nitrogens is 1. The SMILES string of the molecule is ClCc1cccc(Cl)c1OCc1ccncc1Cl. The van der Waals surface area contributed by atoms with Gasteiger partial charge in [0.25, 0.3) is 0 Å². The van der Waals surface area contributed by atoms with Gasteiger partial charge in [0.05, 0.1) is 15.9 Å². The minimum atomic E-state index is 0.328. The summed E-state index contributed by atoms with van der Waals surface area (Å²) in [6.07, 6.45) is 3.24. The average molecular weight is 303 g/mol. The summed E-state index contributed by atoms with van der Waals surface area (Å²) in [6.45, 7) is 0.328. The summed E-state index contributed by atoms with van der Waals surface area (Å²) < 4.78 is 5.70. The van der Waals surface area contributed by atoms with Gasteiger partial charge in [-0.05, 0) is 12.1 Å². The molecule has 0 amide bonds. The molecule has 0 fully saturated rings. The summed E-state index contributed by atoms with van der Waals surface area (Å²) in [4.78, 5) is 3.92. The Balaban J connectivity index is 2.18. The lowest BCUT2D eigenvalue weighted by Crippen LogP contribution is -1.99. The number of hydrogen-bond donors (Lipinski definition) is 0. The number of nitrogens with zero attached hydrogens (tertiary/aromatic N) is 1. The van der Waals surface area contributed by atoms with Crippen molar-refractivity contribution in [1.82, 2.24) is 4.98 Å². The molecule has 2 nitrogen and oxygen atoms in total. The monoisotopic (exact) mass is 301 g/mol. The lowest BCUT2D eigenvalue weighted by Gasteiger charge is -2.12. The van der Waals surface area contributed by atoms with Crippen LogP contribution in [0.15, 0.2) is 36.7 Å². The summed E-state index contributed by atoms with van der Waals surface area (Å²) in [6, 6.07) is 7.29. The molecule has 18 heavy (non-hydrogen) atoms. The third-order valence-electron chi connectivity index (χ3n) is 2.42. The molecule has 1 heterocycles. The zero-order valence-electron chi connectivity index (χ0n) is 9.37. The number of benzene rings is 1. The van der Waals surface area contributed by atoms with Gasteiger partial charge >= 0.3 is 0 Å². The largest absolute Gasteiger partial charge is 0.487 e. The minimum absolute atomic E-state index is 0.328. The predicted molar refractivity (Wildman–Crippen MR) is 74.6 cm³/mol. The highest BCUT2D eigenvalue weighted by molar-refractivity contribution is 6.32. The van der Waals surface area contributed by atoms with Crippen LogP contribution in [-0.4, -0.2) is 4.98 Å². The summed E-state index contributed by atoms with van der Waals surface area (Å²) in [5.74, 6) is 0.946. The Bertz CT molecular complexity index is 546. The van der Waals surface area contributed by atoms with Gasteiger partial charge in [-0.1, -0.05) is 35.3 Å². The summed E-state index contributed by atoms with van der Waals surface area (Å²) >= 11 is 17.9. The van der Waals surface area contributed by atoms with Crippen LogP contribution in [0.3, 0.4) is 0 Å². The van der Waals surface area contributed by atoms with Crippen LogP contribution in [-0.2, 0) is 12.5 Å². The summed E-state index contributed by atoms with van der Waals surface area (Å²) in [5, 5.41) is 1.11. The molecule has 0 aliphatic carbocycles. The molecule has 94 valence electrons. The Labute approximate surface area is 120 Å². The third kappa shape index (κ3) is 3.08. The molecule has 0 spiro atoms. The molecule has 0 aliphatic heterocycles. The molecular weight excluding hydrogens is 293 g/mol. The molecule has 0 atom stereocenters. The van der Waals surface area contributed by atoms with Crippen molar-refractivity contribution >= 4 is 34.8 Å². The molecule has 2 aromatic rings. The lowest BCUT2D eigenvalue weighted by molar-refractivity contribution is 0.304. The number of alkyl halides is 1. The quantitative estimate of drug-likeness (QED) is 0.763. The number of pyridine rings is 1. The molecule has 1 aromatic carbocycles. The van der Waals surface area contributed by atoms with E-state index in [1.807, 2.05) is 12.1 Å². The molecule has 5 heteroatoms. The minimum Gasteiger partial charge on any atom is -0.487 e. The van der Waals surface area contributed by atoms with Crippen molar-refractivity contribution < 1.29 is 4.74 Å². The van der Waals surface area contributed by atoms with E-state index in [9.17, 15) is 0 Å². The van der Waals surface area contributed by atoms with Crippen LogP contribution < -0.4 is 4.74 Å². The van der Waals surface area contributed by atoms with Crippen LogP contribution in [0.25, 0.3) is 0 Å². The smallest absolute Gasteiger partial charge is 0.142 e. The number of halogens is 3. The van der Waals surface area contributed by atoms with Crippen molar-refractivity contribution in [1.29, 1.82) is 0 Å². The zero-order valence-corrected chi connectivity index (χ0v) is 11.6. The Morgan fingerprint density at radius 2 is 1.89 bits per heavy atom. The van der Waals surface area contributed by atoms with Crippen molar-refractivity contribution in [2.75, 3.05) is 0 Å². The Morgan fingerprint density at radius 3 is 2.61 bits per heavy atom. The zero-order chi connectivity index (χ0) is 13.0. The van der Waals surface area contributed by atoms with Gasteiger partial charge in [-0.3, -0.25) is 4.98 Å². The van der Waals surface area contributed by atoms with E-state index in [-0.39, 0.29) is 0 Å². The molecule has 0 aliphatic rings. The van der Waals surface area contributed by atoms with Gasteiger partial charge in [-0.25, -0.2) is 0 Å². The Morgan fingerprint density at radius 1 is 1.06 bits per heavy atom. The molecule has 0 unspecified atom stereocenters. The highest BCUT2D eigenvalue weighted by Crippen LogP contribution is 2.31. The van der Waals surface area contributed by atoms with Crippen molar-refractivity contribution in [3.63, 3.8) is 0 Å². The van der Waals surface area contributed by atoms with Crippen LogP contribution >= 0.6 is 34.8 Å². The van der Waals surface area contributed by atoms with E-state index in [2.05, 4.69) is 4.98 Å². The first-order chi connectivity index (χ1) is 8.72. The average Bonchev–Trinajstić information content (AvgIpc) is 2.39. The maximum Gasteiger partial charge on any atom is 0.142 e. The van der Waals surface area contributed by atoms with Crippen molar-refractivity contribution in [2.45, 2.75) is 12.5 Å². The van der Waals surface area contributed by atoms with Gasteiger partial charge in [0, 0.05) is 23.5 Å². The molecular formula is C13H10Cl3NO. The summed E-state index contributed by atoms with van der Waals surface area (Å²) in [7, 11) is 0. The van der Waals surface area contributed by atoms with E-state index in [0.29, 0.717) is 28.3 Å². The van der Waals surface area contributed by atoms with Gasteiger partial charge < -0.3 is 4.74 Å². The van der Waals surface area contributed by atoms with Crippen LogP contribution in [0, 0.1) is 0 Å². The van der Waals surface area contributed by atoms with Crippen molar-refractivity contribution in [2.24, 2.45) is 0 Å². The van der Waals surface area contributed by atoms with Gasteiger partial charge in [-0.2, -0.15) is 0 Å². The standard InChI is InChI=1S/C13H10Cl3NO/c14-6-9-2-1-3-11(15)13(9)18-8-10-4-5-17-7-12(10)16/h1-5,7H,6,8H2. The molecule has 0 saturated carbocycles. The maximum atomic E-state index is 6.09. The molecule has 1 aromatic heterocycles. The fraction of sp³-hybridized carbons (Fsp3) is 0.154. The number of ether oxygens (including phenoxy) is 1. The van der Waals surface area contributed by atoms with E-state index in [1.165, 1.54) is 0 Å². The van der Waals surface area contributed by atoms with Crippen molar-refractivity contribution in [3.05, 3.63) is 57.8 Å². The molecule has 2 rings (SSSR count). The highest BCUT2D eigenvalue weighted by atomic mass is 35.5. The van der Waals surface area contributed by atoms with E-state index in [0.717, 1.165) is 11.1 Å². The summed E-state index contributed by atoms with van der Waals surface area (Å²) in [5.41, 5.74) is 1.71. The fourth-order valence-electron chi connectivity index (χ4n) is 1.49. The lowest BCUT2D eigenvalue weighted by atomic mass is 10.2. The normalized spacial score (nSPS) is 10.4. The second-order valence-electron chi connectivity index (χ2n) is 3.62. The van der Waals surface area contributed by atoms with Crippen LogP contribution in [0.4, 0.5) is 0 Å². The first kappa shape index (κ1) is 13.5. The molecule has 0 N–H and O–H groups in total. The molecule has 0 saturated heterocycles. The predicted octanol–water partition coefficient (Wildman–Crippen LogP) is 4.71. The fourth-order valence-corrected chi connectivity index (χ4v) is 2.12. The van der Waals surface area contributed by atoms with Gasteiger partial charge in [0.2, 0.25) is 0 Å². The van der Waals surface area contributed by atoms with Crippen LogP contribution in [0.5, 0.6) is 5.75 Å². The van der Waals surface area contributed by atoms with E-state index >= 15 is 0 Å². The van der Waals surface area contributed by atoms with E-state index < -0.39 is 0 Å². The Kier molecular flexibility index (Phi) is 4.70. The van der Waals surface area contributed by atoms with Crippen LogP contribution in [0.2, 0.25) is 10.0 Å². The van der Waals surface area contributed by atoms with Crippen molar-refractivity contribution in [3.8, 4) is 5.75 Å². The van der Waals surface area contributed by atoms with Gasteiger partial charge in [0.1, 0.15) is 12.4 Å². The first-order valence-corrected chi connectivity index (χ1v) is 6.56. The highest BCUT2D eigenvalue weighted by Gasteiger charge is 2.09. The molecule has 0 radical (unpaired) electrons. The maximum absolute atomic E-state index is 6.09. The van der Waals surface area contributed by atoms with Gasteiger partial charge in [0.15, 0.2) is 0 Å². The van der Waals surface area contributed by atoms with E-state index in [4.69, 9.17) is 39.5 Å². The number of para-hydroxylation sites is 1. The van der Waals surface area contributed by atoms with E-state index in [1.54, 1.807) is 24.5 Å². The second-order valence-corrected chi connectivity index (χ2v) is 4.70. The molecule has 0 bridgehead atoms. The Hall–Kier alpha value is -0.960. The van der Waals surface area contributed by atoms with Gasteiger partial charge in [-0.15, -0.1) is 11.6 Å².